The largest absolute Gasteiger partial charge is 0.497 e. The summed E-state index contributed by atoms with van der Waals surface area (Å²) in [6.07, 6.45) is 1.75. The van der Waals surface area contributed by atoms with Crippen molar-refractivity contribution in [1.29, 1.82) is 0 Å². The van der Waals surface area contributed by atoms with Crippen molar-refractivity contribution >= 4 is 40.5 Å². The maximum Gasteiger partial charge on any atom is 0.283 e. The van der Waals surface area contributed by atoms with Crippen molar-refractivity contribution in [3.63, 3.8) is 0 Å². The van der Waals surface area contributed by atoms with Gasteiger partial charge in [0.05, 0.1) is 18.6 Å². The lowest BCUT2D eigenvalue weighted by Crippen LogP contribution is -2.33. The molecule has 1 heterocycles. The average Bonchev–Trinajstić information content (AvgIpc) is 3.05. The number of nitrogens with one attached hydrogen (secondary N) is 1. The molecule has 1 N–H and O–H groups in total. The lowest BCUT2D eigenvalue weighted by Gasteiger charge is -2.19. The number of ether oxygens (including phenoxy) is 1. The molecule has 0 saturated carbocycles. The van der Waals surface area contributed by atoms with Crippen LogP contribution in [0.3, 0.4) is 0 Å². The van der Waals surface area contributed by atoms with Gasteiger partial charge in [-0.15, -0.1) is 0 Å². The Kier molecular flexibility index (Phi) is 7.75. The van der Waals surface area contributed by atoms with E-state index >= 15 is 0 Å². The van der Waals surface area contributed by atoms with E-state index in [-0.39, 0.29) is 17.6 Å². The maximum absolute atomic E-state index is 13.3. The van der Waals surface area contributed by atoms with Crippen molar-refractivity contribution in [2.24, 2.45) is 10.9 Å². The van der Waals surface area contributed by atoms with E-state index in [1.807, 2.05) is 64.1 Å². The third-order valence-electron chi connectivity index (χ3n) is 4.75. The van der Waals surface area contributed by atoms with Crippen LogP contribution < -0.4 is 15.0 Å². The third-order valence-corrected chi connectivity index (χ3v) is 5.69. The van der Waals surface area contributed by atoms with Crippen molar-refractivity contribution in [3.8, 4) is 5.75 Å². The van der Waals surface area contributed by atoms with Gasteiger partial charge in [0.25, 0.3) is 5.91 Å². The summed E-state index contributed by atoms with van der Waals surface area (Å²) in [6, 6.07) is 13.4. The van der Waals surface area contributed by atoms with E-state index in [9.17, 15) is 9.59 Å². The number of aliphatic imine (C=N–C) groups is 1. The lowest BCUT2D eigenvalue weighted by atomic mass is 10.1. The molecule has 2 aromatic carbocycles. The second-order valence-corrected chi connectivity index (χ2v) is 9.11. The summed E-state index contributed by atoms with van der Waals surface area (Å²) in [5.41, 5.74) is 4.04. The van der Waals surface area contributed by atoms with Gasteiger partial charge in [-0.1, -0.05) is 43.8 Å². The number of carbonyl (C=O) groups excluding carboxylic acids is 2. The average molecular weight is 452 g/mol. The van der Waals surface area contributed by atoms with E-state index in [2.05, 4.69) is 16.4 Å². The minimum atomic E-state index is -0.212. The first-order chi connectivity index (χ1) is 15.3. The molecule has 0 aromatic heterocycles. The zero-order valence-electron chi connectivity index (χ0n) is 19.1. The Bertz CT molecular complexity index is 1040. The summed E-state index contributed by atoms with van der Waals surface area (Å²) in [7, 11) is 1.61. The fraction of sp³-hybridized carbons (Fsp3) is 0.320. The predicted octanol–water partition coefficient (Wildman–Crippen LogP) is 4.56. The molecule has 0 fully saturated rings. The topological polar surface area (TPSA) is 71.0 Å². The van der Waals surface area contributed by atoms with Gasteiger partial charge < -0.3 is 10.1 Å². The first-order valence-corrected chi connectivity index (χ1v) is 11.5. The summed E-state index contributed by atoms with van der Waals surface area (Å²) < 4.78 is 5.20. The van der Waals surface area contributed by atoms with Gasteiger partial charge in [0.1, 0.15) is 11.4 Å². The van der Waals surface area contributed by atoms with Crippen LogP contribution in [-0.2, 0) is 9.59 Å². The van der Waals surface area contributed by atoms with E-state index in [0.29, 0.717) is 23.3 Å². The Morgan fingerprint density at radius 1 is 1.16 bits per heavy atom. The maximum atomic E-state index is 13.3. The van der Waals surface area contributed by atoms with Crippen LogP contribution in [0.2, 0.25) is 0 Å². The summed E-state index contributed by atoms with van der Waals surface area (Å²) in [4.78, 5) is 31.8. The fourth-order valence-corrected chi connectivity index (χ4v) is 4.10. The Morgan fingerprint density at radius 2 is 1.81 bits per heavy atom. The summed E-state index contributed by atoms with van der Waals surface area (Å²) in [5.74, 6) is 1.02. The molecule has 7 heteroatoms. The SMILES string of the molecule is COc1ccc(C=C2N=C(SCC(=O)NCC(C)C)N(c3cc(C)cc(C)c3)C2=O)cc1. The van der Waals surface area contributed by atoms with Crippen LogP contribution in [0, 0.1) is 19.8 Å². The van der Waals surface area contributed by atoms with Crippen LogP contribution in [0.4, 0.5) is 5.69 Å². The summed E-state index contributed by atoms with van der Waals surface area (Å²) >= 11 is 1.26. The minimum Gasteiger partial charge on any atom is -0.497 e. The normalized spacial score (nSPS) is 14.8. The highest BCUT2D eigenvalue weighted by atomic mass is 32.2. The van der Waals surface area contributed by atoms with Gasteiger partial charge in [0.15, 0.2) is 5.17 Å². The number of rotatable bonds is 7. The van der Waals surface area contributed by atoms with Crippen molar-refractivity contribution in [2.75, 3.05) is 24.3 Å². The standard InChI is InChI=1S/C25H29N3O3S/c1-16(2)14-26-23(29)15-32-25-27-22(13-19-6-8-21(31-5)9-7-19)24(30)28(25)20-11-17(3)10-18(4)12-20/h6-13,16H,14-15H2,1-5H3,(H,26,29). The van der Waals surface area contributed by atoms with Crippen LogP contribution in [0.15, 0.2) is 53.2 Å². The highest BCUT2D eigenvalue weighted by Crippen LogP contribution is 2.31. The van der Waals surface area contributed by atoms with Crippen molar-refractivity contribution in [1.82, 2.24) is 5.32 Å². The molecule has 2 aromatic rings. The monoisotopic (exact) mass is 451 g/mol. The van der Waals surface area contributed by atoms with E-state index in [1.54, 1.807) is 18.1 Å². The van der Waals surface area contributed by atoms with Crippen LogP contribution in [0.5, 0.6) is 5.75 Å². The number of benzene rings is 2. The molecule has 0 spiro atoms. The molecular weight excluding hydrogens is 422 g/mol. The number of nitrogens with zero attached hydrogens (tertiary/aromatic N) is 2. The number of amidine groups is 1. The molecule has 32 heavy (non-hydrogen) atoms. The number of carbonyl (C=O) groups is 2. The quantitative estimate of drug-likeness (QED) is 0.627. The number of thioether (sulfide) groups is 1. The van der Waals surface area contributed by atoms with Crippen molar-refractivity contribution in [2.45, 2.75) is 27.7 Å². The van der Waals surface area contributed by atoms with Gasteiger partial charge in [-0.3, -0.25) is 14.5 Å². The first kappa shape index (κ1) is 23.6. The zero-order chi connectivity index (χ0) is 23.3. The van der Waals surface area contributed by atoms with E-state index in [0.717, 1.165) is 28.1 Å². The number of hydrogen-bond acceptors (Lipinski definition) is 5. The molecule has 0 aliphatic carbocycles. The number of amides is 2. The van der Waals surface area contributed by atoms with Gasteiger partial charge >= 0.3 is 0 Å². The Morgan fingerprint density at radius 3 is 2.41 bits per heavy atom. The van der Waals surface area contributed by atoms with E-state index < -0.39 is 0 Å². The van der Waals surface area contributed by atoms with Gasteiger partial charge in [0.2, 0.25) is 5.91 Å². The Labute approximate surface area is 193 Å². The van der Waals surface area contributed by atoms with Gasteiger partial charge in [-0.2, -0.15) is 0 Å². The van der Waals surface area contributed by atoms with Crippen LogP contribution in [0.25, 0.3) is 6.08 Å². The molecular formula is C25H29N3O3S. The Hall–Kier alpha value is -3.06. The molecule has 168 valence electrons. The van der Waals surface area contributed by atoms with E-state index in [1.165, 1.54) is 11.8 Å². The van der Waals surface area contributed by atoms with Crippen LogP contribution >= 0.6 is 11.8 Å². The molecule has 3 rings (SSSR count). The van der Waals surface area contributed by atoms with Crippen molar-refractivity contribution in [3.05, 3.63) is 64.9 Å². The van der Waals surface area contributed by atoms with Gasteiger partial charge in [-0.05, 0) is 66.8 Å². The molecule has 1 aliphatic rings. The second-order valence-electron chi connectivity index (χ2n) is 8.17. The van der Waals surface area contributed by atoms with Crippen LogP contribution in [-0.4, -0.2) is 36.4 Å². The number of aryl methyl sites for hydroxylation is 2. The molecule has 0 bridgehead atoms. The van der Waals surface area contributed by atoms with Crippen LogP contribution in [0.1, 0.15) is 30.5 Å². The molecule has 0 atom stereocenters. The highest BCUT2D eigenvalue weighted by molar-refractivity contribution is 8.14. The summed E-state index contributed by atoms with van der Waals surface area (Å²) in [5, 5.41) is 3.41. The fourth-order valence-electron chi connectivity index (χ4n) is 3.26. The lowest BCUT2D eigenvalue weighted by molar-refractivity contribution is -0.118. The number of methoxy groups -OCH3 is 1. The molecule has 6 nitrogen and oxygen atoms in total. The second kappa shape index (κ2) is 10.5. The number of anilines is 1. The molecule has 1 aliphatic heterocycles. The van der Waals surface area contributed by atoms with Crippen molar-refractivity contribution < 1.29 is 14.3 Å². The smallest absolute Gasteiger partial charge is 0.283 e. The summed E-state index contributed by atoms with van der Waals surface area (Å²) in [6.45, 7) is 8.70. The van der Waals surface area contributed by atoms with Gasteiger partial charge in [0, 0.05) is 6.54 Å². The number of hydrogen-bond donors (Lipinski definition) is 1. The van der Waals surface area contributed by atoms with Gasteiger partial charge in [-0.25, -0.2) is 4.99 Å². The Balaban J connectivity index is 1.89. The molecule has 0 radical (unpaired) electrons. The minimum absolute atomic E-state index is 0.0770. The third kappa shape index (κ3) is 6.01. The highest BCUT2D eigenvalue weighted by Gasteiger charge is 2.32. The van der Waals surface area contributed by atoms with E-state index in [4.69, 9.17) is 4.74 Å². The first-order valence-electron chi connectivity index (χ1n) is 10.5. The zero-order valence-corrected chi connectivity index (χ0v) is 20.0. The predicted molar refractivity (Wildman–Crippen MR) is 132 cm³/mol. The molecule has 0 unspecified atom stereocenters. The molecule has 2 amide bonds. The molecule has 0 saturated heterocycles.